The first-order valence-corrected chi connectivity index (χ1v) is 12.7. The number of nitrogens with one attached hydrogen (secondary N) is 1. The Bertz CT molecular complexity index is 715. The van der Waals surface area contributed by atoms with Crippen molar-refractivity contribution < 1.29 is 4.43 Å². The van der Waals surface area contributed by atoms with Crippen molar-refractivity contribution in [2.75, 3.05) is 6.61 Å². The Kier molecular flexibility index (Phi) is 5.26. The second-order valence-electron chi connectivity index (χ2n) is 7.50. The molecule has 0 aliphatic carbocycles. The Morgan fingerprint density at radius 1 is 1.30 bits per heavy atom. The minimum atomic E-state index is -1.74. The van der Waals surface area contributed by atoms with Gasteiger partial charge in [0.2, 0.25) is 0 Å². The van der Waals surface area contributed by atoms with Crippen LogP contribution in [0.1, 0.15) is 31.3 Å². The van der Waals surface area contributed by atoms with E-state index in [1.54, 1.807) is 17.7 Å². The third-order valence-electron chi connectivity index (χ3n) is 4.64. The molecule has 1 aliphatic rings. The zero-order chi connectivity index (χ0) is 17.4. The van der Waals surface area contributed by atoms with Crippen LogP contribution in [0.3, 0.4) is 0 Å². The van der Waals surface area contributed by atoms with Gasteiger partial charge in [0.05, 0.1) is 0 Å². The van der Waals surface area contributed by atoms with E-state index in [1.807, 2.05) is 0 Å². The van der Waals surface area contributed by atoms with Gasteiger partial charge < -0.3 is 0 Å². The fraction of sp³-hybridized carbons (Fsp3) is 0.625. The van der Waals surface area contributed by atoms with Gasteiger partial charge in [-0.15, -0.1) is 0 Å². The summed E-state index contributed by atoms with van der Waals surface area (Å²) in [4.78, 5) is 26.3. The molecule has 0 unspecified atom stereocenters. The van der Waals surface area contributed by atoms with E-state index in [2.05, 4.69) is 51.0 Å². The van der Waals surface area contributed by atoms with E-state index in [9.17, 15) is 9.59 Å². The van der Waals surface area contributed by atoms with Crippen LogP contribution in [0.15, 0.2) is 27.9 Å². The Morgan fingerprint density at radius 2 is 1.96 bits per heavy atom. The molecule has 0 bridgehead atoms. The number of aromatic amines is 1. The number of rotatable bonds is 4. The molecule has 0 spiro atoms. The molecule has 5 nitrogen and oxygen atoms in total. The molecule has 1 aliphatic heterocycles. The van der Waals surface area contributed by atoms with Gasteiger partial charge in [0.15, 0.2) is 0 Å². The van der Waals surface area contributed by atoms with E-state index < -0.39 is 8.32 Å². The van der Waals surface area contributed by atoms with Gasteiger partial charge in [-0.05, 0) is 0 Å². The number of hydrogen-bond donors (Lipinski definition) is 1. The summed E-state index contributed by atoms with van der Waals surface area (Å²) in [7, 11) is -1.74. The minimum absolute atomic E-state index is 0.0542. The van der Waals surface area contributed by atoms with E-state index in [0.717, 1.165) is 6.61 Å². The van der Waals surface area contributed by atoms with Gasteiger partial charge in [0.1, 0.15) is 0 Å². The topological polar surface area (TPSA) is 64.1 Å². The zero-order valence-corrected chi connectivity index (χ0v) is 17.4. The number of H-pyrrole nitrogens is 1. The number of aromatic nitrogens is 2. The summed E-state index contributed by atoms with van der Waals surface area (Å²) < 4.78 is 7.93. The van der Waals surface area contributed by atoms with Crippen molar-refractivity contribution in [3.63, 3.8) is 0 Å². The Balaban J connectivity index is 2.03. The van der Waals surface area contributed by atoms with Crippen LogP contribution >= 0.6 is 0 Å². The van der Waals surface area contributed by atoms with Crippen molar-refractivity contribution in [1.29, 1.82) is 0 Å². The van der Waals surface area contributed by atoms with Crippen LogP contribution in [-0.2, 0) is 4.43 Å². The second kappa shape index (κ2) is 6.55. The van der Waals surface area contributed by atoms with Crippen molar-refractivity contribution in [1.82, 2.24) is 9.55 Å². The van der Waals surface area contributed by atoms with Crippen LogP contribution in [0.4, 0.5) is 0 Å². The summed E-state index contributed by atoms with van der Waals surface area (Å²) in [6, 6.07) is 0. The van der Waals surface area contributed by atoms with Crippen molar-refractivity contribution in [2.45, 2.75) is 55.6 Å². The zero-order valence-electron chi connectivity index (χ0n) is 14.7. The molecule has 2 heterocycles. The molecule has 7 heteroatoms. The molecule has 0 radical (unpaired) electrons. The summed E-state index contributed by atoms with van der Waals surface area (Å²) in [5.41, 5.74) is -0.0728. The molecule has 0 saturated heterocycles. The molecule has 2 rings (SSSR count). The third kappa shape index (κ3) is 4.15. The summed E-state index contributed by atoms with van der Waals surface area (Å²) in [5.74, 6) is 0. The van der Waals surface area contributed by atoms with Crippen LogP contribution < -0.4 is 11.2 Å². The molecule has 23 heavy (non-hydrogen) atoms. The van der Waals surface area contributed by atoms with Gasteiger partial charge in [0.25, 0.3) is 0 Å². The first-order valence-electron chi connectivity index (χ1n) is 7.81. The molecule has 0 amide bonds. The first kappa shape index (κ1) is 18.5. The van der Waals surface area contributed by atoms with Gasteiger partial charge >= 0.3 is 144 Å². The van der Waals surface area contributed by atoms with Crippen molar-refractivity contribution in [3.8, 4) is 0 Å². The standard InChI is InChI=1S/C16H26N2O3SeSi/c1-11-9-18(15(20)17-14(11)19)13-8-7-12(22-13)10-21-23(5,6)16(2,3)4/h7-9,12-13H,10H2,1-6H3,(H,17,19,20)/t12-,13+/m0/s1. The Labute approximate surface area is 144 Å². The van der Waals surface area contributed by atoms with E-state index >= 15 is 0 Å². The van der Waals surface area contributed by atoms with Crippen molar-refractivity contribution in [2.24, 2.45) is 0 Å². The summed E-state index contributed by atoms with van der Waals surface area (Å²) in [5, 5.41) is 0.203. The number of aryl methyl sites for hydroxylation is 1. The average Bonchev–Trinajstić information content (AvgIpc) is 2.88. The van der Waals surface area contributed by atoms with Gasteiger partial charge in [-0.3, -0.25) is 0 Å². The van der Waals surface area contributed by atoms with Crippen molar-refractivity contribution >= 4 is 23.3 Å². The normalized spacial score (nSPS) is 21.8. The van der Waals surface area contributed by atoms with Gasteiger partial charge in [-0.2, -0.15) is 0 Å². The van der Waals surface area contributed by atoms with E-state index in [0.29, 0.717) is 10.4 Å². The maximum atomic E-state index is 12.0. The third-order valence-corrected chi connectivity index (χ3v) is 11.9. The molecule has 0 fully saturated rings. The number of nitrogens with zero attached hydrogens (tertiary/aromatic N) is 1. The molecular formula is C16H26N2O3SeSi. The van der Waals surface area contributed by atoms with Crippen LogP contribution in [0.25, 0.3) is 0 Å². The SMILES string of the molecule is Cc1cn([C@H]2C=C[C@@H](CO[Si](C)(C)C(C)(C)C)[Se]2)c(=O)[nH]c1=O. The molecule has 128 valence electrons. The molecular weight excluding hydrogens is 375 g/mol. The van der Waals surface area contributed by atoms with Gasteiger partial charge in [-0.25, -0.2) is 0 Å². The van der Waals surface area contributed by atoms with E-state index in [-0.39, 0.29) is 36.2 Å². The quantitative estimate of drug-likeness (QED) is 0.623. The summed E-state index contributed by atoms with van der Waals surface area (Å²) in [6.07, 6.45) is 5.89. The van der Waals surface area contributed by atoms with Crippen LogP contribution in [0.5, 0.6) is 0 Å². The second-order valence-corrected chi connectivity index (χ2v) is 15.2. The van der Waals surface area contributed by atoms with Crippen LogP contribution in [0.2, 0.25) is 22.9 Å². The van der Waals surface area contributed by atoms with E-state index in [1.165, 1.54) is 0 Å². The van der Waals surface area contributed by atoms with Crippen LogP contribution in [-0.4, -0.2) is 39.4 Å². The number of hydrogen-bond acceptors (Lipinski definition) is 3. The average molecular weight is 401 g/mol. The maximum absolute atomic E-state index is 12.0. The molecule has 1 aromatic rings. The first-order chi connectivity index (χ1) is 10.5. The molecule has 1 N–H and O–H groups in total. The Morgan fingerprint density at radius 3 is 2.57 bits per heavy atom. The van der Waals surface area contributed by atoms with Gasteiger partial charge in [0, 0.05) is 0 Å². The van der Waals surface area contributed by atoms with Gasteiger partial charge in [-0.1, -0.05) is 0 Å². The molecule has 0 aromatic carbocycles. The predicted molar refractivity (Wildman–Crippen MR) is 96.9 cm³/mol. The summed E-state index contributed by atoms with van der Waals surface area (Å²) >= 11 is 0.205. The molecule has 2 atom stereocenters. The molecule has 1 aromatic heterocycles. The van der Waals surface area contributed by atoms with E-state index in [4.69, 9.17) is 4.43 Å². The predicted octanol–water partition coefficient (Wildman–Crippen LogP) is 2.43. The fourth-order valence-electron chi connectivity index (χ4n) is 2.02. The summed E-state index contributed by atoms with van der Waals surface area (Å²) in [6.45, 7) is 13.7. The fourth-order valence-corrected chi connectivity index (χ4v) is 5.75. The number of allylic oxidation sites excluding steroid dienone is 1. The van der Waals surface area contributed by atoms with Crippen molar-refractivity contribution in [3.05, 3.63) is 44.8 Å². The molecule has 0 saturated carbocycles. The van der Waals surface area contributed by atoms with Crippen LogP contribution in [0, 0.1) is 6.92 Å². The monoisotopic (exact) mass is 402 g/mol. The Hall–Kier alpha value is -0.884.